The van der Waals surface area contributed by atoms with Crippen molar-refractivity contribution in [3.63, 3.8) is 0 Å². The van der Waals surface area contributed by atoms with Crippen LogP contribution in [0, 0.1) is 11.3 Å². The van der Waals surface area contributed by atoms with Crippen molar-refractivity contribution in [3.05, 3.63) is 0 Å². The van der Waals surface area contributed by atoms with Gasteiger partial charge in [-0.05, 0) is 0 Å². The maximum absolute atomic E-state index is 11.2. The highest BCUT2D eigenvalue weighted by Crippen LogP contribution is 2.07. The third-order valence-electron chi connectivity index (χ3n) is 2.35. The first-order valence-electron chi connectivity index (χ1n) is 5.47. The van der Waals surface area contributed by atoms with Crippen molar-refractivity contribution in [3.8, 4) is 6.07 Å². The fourth-order valence-corrected chi connectivity index (χ4v) is 2.41. The van der Waals surface area contributed by atoms with Gasteiger partial charge in [0.1, 0.15) is 6.54 Å². The molecule has 0 spiro atoms. The SMILES string of the molecule is N#CCNC(=O)C(=O)NCCN1CCSCC1. The molecule has 1 fully saturated rings. The summed E-state index contributed by atoms with van der Waals surface area (Å²) in [4.78, 5) is 24.6. The number of amides is 2. The lowest BCUT2D eigenvalue weighted by molar-refractivity contribution is -0.139. The average Bonchev–Trinajstić information content (AvgIpc) is 2.37. The summed E-state index contributed by atoms with van der Waals surface area (Å²) in [7, 11) is 0. The lowest BCUT2D eigenvalue weighted by Gasteiger charge is -2.25. The van der Waals surface area contributed by atoms with Crippen LogP contribution in [0.2, 0.25) is 0 Å². The molecule has 1 aliphatic rings. The van der Waals surface area contributed by atoms with Gasteiger partial charge in [-0.25, -0.2) is 0 Å². The summed E-state index contributed by atoms with van der Waals surface area (Å²) in [5, 5.41) is 13.0. The number of rotatable bonds is 4. The van der Waals surface area contributed by atoms with E-state index in [4.69, 9.17) is 5.26 Å². The van der Waals surface area contributed by atoms with Gasteiger partial charge in [0.05, 0.1) is 6.07 Å². The van der Waals surface area contributed by atoms with E-state index in [2.05, 4.69) is 15.5 Å². The standard InChI is InChI=1S/C10H16N4O2S/c11-1-2-12-9(15)10(16)13-3-4-14-5-7-17-8-6-14/h2-8H2,(H,12,15)(H,13,16). The highest BCUT2D eigenvalue weighted by atomic mass is 32.2. The largest absolute Gasteiger partial charge is 0.347 e. The predicted octanol–water partition coefficient (Wildman–Crippen LogP) is -1.21. The van der Waals surface area contributed by atoms with Gasteiger partial charge in [0.15, 0.2) is 0 Å². The molecule has 2 amide bonds. The van der Waals surface area contributed by atoms with E-state index in [-0.39, 0.29) is 6.54 Å². The summed E-state index contributed by atoms with van der Waals surface area (Å²) in [5.74, 6) is 0.820. The molecule has 0 saturated carbocycles. The van der Waals surface area contributed by atoms with Crippen molar-refractivity contribution < 1.29 is 9.59 Å². The van der Waals surface area contributed by atoms with Gasteiger partial charge in [0.25, 0.3) is 0 Å². The zero-order valence-electron chi connectivity index (χ0n) is 9.57. The van der Waals surface area contributed by atoms with E-state index < -0.39 is 11.8 Å². The van der Waals surface area contributed by atoms with Crippen molar-refractivity contribution in [2.75, 3.05) is 44.2 Å². The van der Waals surface area contributed by atoms with Crippen LogP contribution in [-0.2, 0) is 9.59 Å². The Bertz CT molecular complexity index is 310. The molecule has 1 saturated heterocycles. The van der Waals surface area contributed by atoms with E-state index >= 15 is 0 Å². The molecule has 1 rings (SSSR count). The van der Waals surface area contributed by atoms with Crippen LogP contribution in [0.4, 0.5) is 0 Å². The number of carbonyl (C=O) groups excluding carboxylic acids is 2. The second-order valence-corrected chi connectivity index (χ2v) is 4.78. The highest BCUT2D eigenvalue weighted by Gasteiger charge is 2.13. The van der Waals surface area contributed by atoms with Crippen LogP contribution < -0.4 is 10.6 Å². The fourth-order valence-electron chi connectivity index (χ4n) is 1.43. The molecule has 0 atom stereocenters. The van der Waals surface area contributed by atoms with Gasteiger partial charge < -0.3 is 10.6 Å². The first-order chi connectivity index (χ1) is 8.24. The number of nitrogens with zero attached hydrogens (tertiary/aromatic N) is 2. The Morgan fingerprint density at radius 3 is 2.53 bits per heavy atom. The van der Waals surface area contributed by atoms with E-state index in [9.17, 15) is 9.59 Å². The molecule has 0 bridgehead atoms. The topological polar surface area (TPSA) is 85.2 Å². The Kier molecular flexibility index (Phi) is 6.43. The Morgan fingerprint density at radius 2 is 1.88 bits per heavy atom. The molecule has 0 aromatic heterocycles. The Balaban J connectivity index is 2.10. The van der Waals surface area contributed by atoms with Gasteiger partial charge in [-0.2, -0.15) is 17.0 Å². The molecule has 0 radical (unpaired) electrons. The van der Waals surface area contributed by atoms with Gasteiger partial charge in [-0.3, -0.25) is 14.5 Å². The quantitative estimate of drug-likeness (QED) is 0.487. The molecule has 6 nitrogen and oxygen atoms in total. The highest BCUT2D eigenvalue weighted by molar-refractivity contribution is 7.99. The van der Waals surface area contributed by atoms with Crippen molar-refractivity contribution in [2.24, 2.45) is 0 Å². The second kappa shape index (κ2) is 7.92. The van der Waals surface area contributed by atoms with Crippen molar-refractivity contribution in [2.45, 2.75) is 0 Å². The van der Waals surface area contributed by atoms with Crippen LogP contribution in [0.15, 0.2) is 0 Å². The lowest BCUT2D eigenvalue weighted by Crippen LogP contribution is -2.44. The molecule has 0 aromatic carbocycles. The molecule has 1 aliphatic heterocycles. The summed E-state index contributed by atoms with van der Waals surface area (Å²) >= 11 is 1.93. The molecular weight excluding hydrogens is 240 g/mol. The first-order valence-corrected chi connectivity index (χ1v) is 6.62. The van der Waals surface area contributed by atoms with E-state index in [0.717, 1.165) is 31.1 Å². The minimum atomic E-state index is -0.749. The molecule has 0 unspecified atom stereocenters. The van der Waals surface area contributed by atoms with E-state index in [0.29, 0.717) is 6.54 Å². The summed E-state index contributed by atoms with van der Waals surface area (Å²) < 4.78 is 0. The van der Waals surface area contributed by atoms with Gasteiger partial charge in [0.2, 0.25) is 0 Å². The number of nitrogens with one attached hydrogen (secondary N) is 2. The summed E-state index contributed by atoms with van der Waals surface area (Å²) in [6.45, 7) is 3.14. The van der Waals surface area contributed by atoms with Crippen LogP contribution in [0.1, 0.15) is 0 Å². The predicted molar refractivity (Wildman–Crippen MR) is 65.4 cm³/mol. The molecule has 94 valence electrons. The van der Waals surface area contributed by atoms with E-state index in [1.807, 2.05) is 11.8 Å². The summed E-state index contributed by atoms with van der Waals surface area (Å²) in [6.07, 6.45) is 0. The minimum Gasteiger partial charge on any atom is -0.347 e. The number of thioether (sulfide) groups is 1. The van der Waals surface area contributed by atoms with Gasteiger partial charge in [-0.1, -0.05) is 0 Å². The Hall–Kier alpha value is -1.26. The zero-order valence-corrected chi connectivity index (χ0v) is 10.4. The number of carbonyl (C=O) groups is 2. The molecule has 0 aliphatic carbocycles. The summed E-state index contributed by atoms with van der Waals surface area (Å²) in [6, 6.07) is 1.74. The minimum absolute atomic E-state index is 0.143. The maximum Gasteiger partial charge on any atom is 0.310 e. The van der Waals surface area contributed by atoms with Gasteiger partial charge >= 0.3 is 11.8 Å². The van der Waals surface area contributed by atoms with E-state index in [1.54, 1.807) is 6.07 Å². The molecule has 17 heavy (non-hydrogen) atoms. The summed E-state index contributed by atoms with van der Waals surface area (Å²) in [5.41, 5.74) is 0. The van der Waals surface area contributed by atoms with Gasteiger partial charge in [-0.15, -0.1) is 0 Å². The number of nitriles is 1. The van der Waals surface area contributed by atoms with Crippen molar-refractivity contribution >= 4 is 23.6 Å². The third kappa shape index (κ3) is 5.56. The smallest absolute Gasteiger partial charge is 0.310 e. The number of hydrogen-bond acceptors (Lipinski definition) is 5. The average molecular weight is 256 g/mol. The lowest BCUT2D eigenvalue weighted by atomic mass is 10.4. The third-order valence-corrected chi connectivity index (χ3v) is 3.29. The Morgan fingerprint density at radius 1 is 1.24 bits per heavy atom. The second-order valence-electron chi connectivity index (χ2n) is 3.55. The van der Waals surface area contributed by atoms with Gasteiger partial charge in [0, 0.05) is 37.7 Å². The molecule has 1 heterocycles. The molecule has 2 N–H and O–H groups in total. The van der Waals surface area contributed by atoms with Crippen molar-refractivity contribution in [1.82, 2.24) is 15.5 Å². The number of hydrogen-bond donors (Lipinski definition) is 2. The van der Waals surface area contributed by atoms with Crippen LogP contribution in [0.25, 0.3) is 0 Å². The van der Waals surface area contributed by atoms with Crippen LogP contribution >= 0.6 is 11.8 Å². The molecule has 7 heteroatoms. The maximum atomic E-state index is 11.2. The molecule has 0 aromatic rings. The van der Waals surface area contributed by atoms with Crippen LogP contribution in [0.5, 0.6) is 0 Å². The van der Waals surface area contributed by atoms with Crippen LogP contribution in [0.3, 0.4) is 0 Å². The fraction of sp³-hybridized carbons (Fsp3) is 0.700. The monoisotopic (exact) mass is 256 g/mol. The van der Waals surface area contributed by atoms with Crippen LogP contribution in [-0.4, -0.2) is 60.9 Å². The molecular formula is C10H16N4O2S. The van der Waals surface area contributed by atoms with E-state index in [1.165, 1.54) is 0 Å². The van der Waals surface area contributed by atoms with Crippen molar-refractivity contribution in [1.29, 1.82) is 5.26 Å². The zero-order chi connectivity index (χ0) is 12.5. The first kappa shape index (κ1) is 13.8. The Labute approximate surface area is 105 Å². The normalized spacial score (nSPS) is 15.9.